The molecule has 0 aliphatic heterocycles. The van der Waals surface area contributed by atoms with Crippen LogP contribution in [-0.2, 0) is 0 Å². The summed E-state index contributed by atoms with van der Waals surface area (Å²) in [7, 11) is 0. The number of amides is 1. The molecule has 0 bridgehead atoms. The molecule has 0 saturated carbocycles. The molecule has 0 radical (unpaired) electrons. The van der Waals surface area contributed by atoms with Gasteiger partial charge < -0.3 is 11.1 Å². The molecule has 5 heteroatoms. The first-order chi connectivity index (χ1) is 9.38. The van der Waals surface area contributed by atoms with E-state index in [1.807, 2.05) is 32.9 Å². The van der Waals surface area contributed by atoms with Crippen LogP contribution in [0.5, 0.6) is 0 Å². The average Bonchev–Trinajstić information content (AvgIpc) is 2.33. The minimum absolute atomic E-state index is 0.247. The monoisotopic (exact) mass is 333 g/mol. The lowest BCUT2D eigenvalue weighted by atomic mass is 10.1. The van der Waals surface area contributed by atoms with E-state index in [1.165, 1.54) is 6.20 Å². The number of carbonyl (C=O) groups is 1. The number of nitrogens with zero attached hydrogens (tertiary/aromatic N) is 1. The first-order valence-corrected chi connectivity index (χ1v) is 6.98. The number of aryl methyl sites for hydroxylation is 3. The summed E-state index contributed by atoms with van der Waals surface area (Å²) < 4.78 is 0.988. The summed E-state index contributed by atoms with van der Waals surface area (Å²) in [6.45, 7) is 5.73. The van der Waals surface area contributed by atoms with Gasteiger partial charge in [-0.15, -0.1) is 0 Å². The molecule has 2 rings (SSSR count). The van der Waals surface area contributed by atoms with E-state index >= 15 is 0 Å². The van der Waals surface area contributed by atoms with Gasteiger partial charge in [0.15, 0.2) is 0 Å². The highest BCUT2D eigenvalue weighted by molar-refractivity contribution is 9.10. The molecule has 20 heavy (non-hydrogen) atoms. The molecule has 4 nitrogen and oxygen atoms in total. The highest BCUT2D eigenvalue weighted by atomic mass is 79.9. The van der Waals surface area contributed by atoms with Crippen molar-refractivity contribution < 1.29 is 4.79 Å². The predicted molar refractivity (Wildman–Crippen MR) is 85.0 cm³/mol. The van der Waals surface area contributed by atoms with Gasteiger partial charge in [-0.3, -0.25) is 9.78 Å². The Morgan fingerprint density at radius 2 is 1.80 bits per heavy atom. The molecule has 104 valence electrons. The normalized spacial score (nSPS) is 10.4. The van der Waals surface area contributed by atoms with Gasteiger partial charge in [0.1, 0.15) is 0 Å². The summed E-state index contributed by atoms with van der Waals surface area (Å²) >= 11 is 3.44. The van der Waals surface area contributed by atoms with Crippen LogP contribution in [0.3, 0.4) is 0 Å². The Hall–Kier alpha value is -1.88. The molecule has 1 heterocycles. The van der Waals surface area contributed by atoms with E-state index < -0.39 is 0 Å². The van der Waals surface area contributed by atoms with Crippen molar-refractivity contribution >= 4 is 33.2 Å². The van der Waals surface area contributed by atoms with Crippen LogP contribution in [0.15, 0.2) is 28.9 Å². The van der Waals surface area contributed by atoms with E-state index in [0.717, 1.165) is 27.0 Å². The molecule has 0 unspecified atom stereocenters. The number of nitrogens with one attached hydrogen (secondary N) is 1. The van der Waals surface area contributed by atoms with E-state index in [4.69, 9.17) is 5.73 Å². The Labute approximate surface area is 126 Å². The van der Waals surface area contributed by atoms with Crippen molar-refractivity contribution in [1.82, 2.24) is 4.98 Å². The number of pyridine rings is 1. The van der Waals surface area contributed by atoms with Crippen molar-refractivity contribution in [3.8, 4) is 0 Å². The van der Waals surface area contributed by atoms with E-state index in [9.17, 15) is 4.79 Å². The Morgan fingerprint density at radius 3 is 2.35 bits per heavy atom. The van der Waals surface area contributed by atoms with Gasteiger partial charge in [0, 0.05) is 27.7 Å². The fourth-order valence-corrected chi connectivity index (χ4v) is 2.75. The van der Waals surface area contributed by atoms with Crippen molar-refractivity contribution in [3.05, 3.63) is 51.3 Å². The number of anilines is 2. The van der Waals surface area contributed by atoms with Crippen molar-refractivity contribution in [1.29, 1.82) is 0 Å². The lowest BCUT2D eigenvalue weighted by molar-refractivity contribution is 0.102. The number of nitrogens with two attached hydrogens (primary N) is 1. The zero-order valence-electron chi connectivity index (χ0n) is 11.6. The molecule has 3 N–H and O–H groups in total. The Kier molecular flexibility index (Phi) is 4.09. The number of benzene rings is 1. The van der Waals surface area contributed by atoms with E-state index in [2.05, 4.69) is 26.2 Å². The second-order valence-corrected chi connectivity index (χ2v) is 5.70. The molecular weight excluding hydrogens is 318 g/mol. The highest BCUT2D eigenvalue weighted by Gasteiger charge is 2.13. The Morgan fingerprint density at radius 1 is 1.20 bits per heavy atom. The van der Waals surface area contributed by atoms with E-state index in [1.54, 1.807) is 6.07 Å². The van der Waals surface area contributed by atoms with Gasteiger partial charge in [-0.25, -0.2) is 0 Å². The molecule has 1 aromatic heterocycles. The minimum Gasteiger partial charge on any atom is -0.398 e. The topological polar surface area (TPSA) is 68.0 Å². The number of hydrogen-bond acceptors (Lipinski definition) is 3. The molecule has 1 aromatic carbocycles. The summed E-state index contributed by atoms with van der Waals surface area (Å²) in [6.07, 6.45) is 1.50. The molecule has 2 aromatic rings. The number of halogens is 1. The van der Waals surface area contributed by atoms with Crippen molar-refractivity contribution in [3.63, 3.8) is 0 Å². The van der Waals surface area contributed by atoms with Gasteiger partial charge in [-0.2, -0.15) is 0 Å². The van der Waals surface area contributed by atoms with Crippen molar-refractivity contribution in [2.24, 2.45) is 0 Å². The van der Waals surface area contributed by atoms with Gasteiger partial charge in [0.25, 0.3) is 5.91 Å². The maximum atomic E-state index is 12.3. The maximum Gasteiger partial charge on any atom is 0.259 e. The summed E-state index contributed by atoms with van der Waals surface area (Å²) in [5.74, 6) is -0.247. The van der Waals surface area contributed by atoms with E-state index in [0.29, 0.717) is 11.3 Å². The quantitative estimate of drug-likeness (QED) is 0.882. The number of aromatic nitrogens is 1. The standard InChI is InChI=1S/C15H16BrN3O/c1-8-4-11(16)5-9(2)14(8)19-15(20)12-7-18-10(3)6-13(12)17/h4-7H,1-3H3,(H2,17,18)(H,19,20). The highest BCUT2D eigenvalue weighted by Crippen LogP contribution is 2.26. The molecule has 0 aliphatic rings. The zero-order valence-corrected chi connectivity index (χ0v) is 13.2. The SMILES string of the molecule is Cc1cc(N)c(C(=O)Nc2c(C)cc(Br)cc2C)cn1. The number of nitrogen functional groups attached to an aromatic ring is 1. The largest absolute Gasteiger partial charge is 0.398 e. The second-order valence-electron chi connectivity index (χ2n) is 4.78. The fourth-order valence-electron chi connectivity index (χ4n) is 2.06. The van der Waals surface area contributed by atoms with Crippen LogP contribution in [-0.4, -0.2) is 10.9 Å². The number of rotatable bonds is 2. The number of carbonyl (C=O) groups excluding carboxylic acids is 1. The summed E-state index contributed by atoms with van der Waals surface area (Å²) in [4.78, 5) is 16.4. The van der Waals surface area contributed by atoms with Crippen LogP contribution in [0, 0.1) is 20.8 Å². The van der Waals surface area contributed by atoms with Crippen LogP contribution >= 0.6 is 15.9 Å². The zero-order chi connectivity index (χ0) is 14.9. The Balaban J connectivity index is 2.33. The second kappa shape index (κ2) is 5.63. The maximum absolute atomic E-state index is 12.3. The summed E-state index contributed by atoms with van der Waals surface area (Å²) in [6, 6.07) is 5.61. The molecule has 0 spiro atoms. The predicted octanol–water partition coefficient (Wildman–Crippen LogP) is 3.60. The average molecular weight is 334 g/mol. The van der Waals surface area contributed by atoms with E-state index in [-0.39, 0.29) is 5.91 Å². The third-order valence-corrected chi connectivity index (χ3v) is 3.51. The first kappa shape index (κ1) is 14.5. The van der Waals surface area contributed by atoms with Crippen molar-refractivity contribution in [2.45, 2.75) is 20.8 Å². The molecule has 0 saturated heterocycles. The summed E-state index contributed by atoms with van der Waals surface area (Å²) in [5.41, 5.74) is 10.3. The molecular formula is C15H16BrN3O. The van der Waals surface area contributed by atoms with Crippen LogP contribution in [0.4, 0.5) is 11.4 Å². The van der Waals surface area contributed by atoms with Crippen LogP contribution in [0.1, 0.15) is 27.2 Å². The number of hydrogen-bond donors (Lipinski definition) is 2. The third kappa shape index (κ3) is 2.99. The van der Waals surface area contributed by atoms with Gasteiger partial charge in [-0.05, 0) is 50.1 Å². The van der Waals surface area contributed by atoms with Gasteiger partial charge in [0.2, 0.25) is 0 Å². The lowest BCUT2D eigenvalue weighted by Crippen LogP contribution is -2.16. The van der Waals surface area contributed by atoms with Gasteiger partial charge in [0.05, 0.1) is 5.56 Å². The fraction of sp³-hybridized carbons (Fsp3) is 0.200. The molecule has 1 amide bonds. The molecule has 0 aliphatic carbocycles. The van der Waals surface area contributed by atoms with Crippen LogP contribution < -0.4 is 11.1 Å². The molecule has 0 atom stereocenters. The first-order valence-electron chi connectivity index (χ1n) is 6.18. The Bertz CT molecular complexity index is 660. The van der Waals surface area contributed by atoms with Gasteiger partial charge >= 0.3 is 0 Å². The van der Waals surface area contributed by atoms with Gasteiger partial charge in [-0.1, -0.05) is 15.9 Å². The van der Waals surface area contributed by atoms with Crippen LogP contribution in [0.25, 0.3) is 0 Å². The molecule has 0 fully saturated rings. The lowest BCUT2D eigenvalue weighted by Gasteiger charge is -2.13. The van der Waals surface area contributed by atoms with Crippen molar-refractivity contribution in [2.75, 3.05) is 11.1 Å². The summed E-state index contributed by atoms with van der Waals surface area (Å²) in [5, 5.41) is 2.90. The third-order valence-electron chi connectivity index (χ3n) is 3.05. The van der Waals surface area contributed by atoms with Crippen LogP contribution in [0.2, 0.25) is 0 Å². The minimum atomic E-state index is -0.247. The smallest absolute Gasteiger partial charge is 0.259 e.